The molecule has 1 saturated heterocycles. The quantitative estimate of drug-likeness (QED) is 0.585. The molecule has 7 heteroatoms. The second-order valence-corrected chi connectivity index (χ2v) is 7.95. The molecule has 1 aliphatic heterocycles. The van der Waals surface area contributed by atoms with Crippen LogP contribution < -0.4 is 4.74 Å². The minimum Gasteiger partial charge on any atom is -0.475 e. The maximum atomic E-state index is 10.3. The summed E-state index contributed by atoms with van der Waals surface area (Å²) in [5.74, 6) is 0.508. The van der Waals surface area contributed by atoms with E-state index in [1.807, 2.05) is 0 Å². The van der Waals surface area contributed by atoms with Gasteiger partial charge in [-0.1, -0.05) is 31.2 Å². The van der Waals surface area contributed by atoms with E-state index in [0.29, 0.717) is 12.2 Å². The van der Waals surface area contributed by atoms with Crippen molar-refractivity contribution in [2.45, 2.75) is 48.8 Å². The molecular formula is C20H25NO5S. The van der Waals surface area contributed by atoms with E-state index in [2.05, 4.69) is 36.2 Å². The van der Waals surface area contributed by atoms with Crippen molar-refractivity contribution in [3.05, 3.63) is 59.4 Å². The molecule has 0 aliphatic carbocycles. The van der Waals surface area contributed by atoms with Gasteiger partial charge in [-0.25, -0.2) is 0 Å². The number of nitrogens with zero attached hydrogens (tertiary/aromatic N) is 1. The highest BCUT2D eigenvalue weighted by Gasteiger charge is 2.44. The molecule has 1 aromatic heterocycles. The number of aromatic nitrogens is 1. The van der Waals surface area contributed by atoms with Crippen molar-refractivity contribution < 1.29 is 25.2 Å². The van der Waals surface area contributed by atoms with Crippen LogP contribution in [0.15, 0.2) is 42.6 Å². The predicted octanol–water partition coefficient (Wildman–Crippen LogP) is 1.13. The Morgan fingerprint density at radius 3 is 2.37 bits per heavy atom. The zero-order valence-electron chi connectivity index (χ0n) is 15.1. The molecule has 146 valence electrons. The third-order valence-electron chi connectivity index (χ3n) is 4.74. The highest BCUT2D eigenvalue weighted by Crippen LogP contribution is 2.35. The average Bonchev–Trinajstić information content (AvgIpc) is 2.70. The molecule has 0 saturated carbocycles. The Labute approximate surface area is 162 Å². The summed E-state index contributed by atoms with van der Waals surface area (Å²) in [4.78, 5) is 4.40. The summed E-state index contributed by atoms with van der Waals surface area (Å²) in [6, 6.07) is 11.8. The molecule has 1 aliphatic rings. The Kier molecular flexibility index (Phi) is 6.73. The van der Waals surface area contributed by atoms with Gasteiger partial charge in [0.05, 0.1) is 23.7 Å². The van der Waals surface area contributed by atoms with Gasteiger partial charge in [0.1, 0.15) is 18.0 Å². The van der Waals surface area contributed by atoms with Gasteiger partial charge in [-0.05, 0) is 29.7 Å². The molecule has 1 fully saturated rings. The van der Waals surface area contributed by atoms with Crippen molar-refractivity contribution in [2.24, 2.45) is 0 Å². The van der Waals surface area contributed by atoms with Crippen LogP contribution in [0.25, 0.3) is 0 Å². The predicted molar refractivity (Wildman–Crippen MR) is 104 cm³/mol. The minimum absolute atomic E-state index is 0.320. The Balaban J connectivity index is 1.77. The molecule has 0 spiro atoms. The largest absolute Gasteiger partial charge is 0.475 e. The second-order valence-electron chi connectivity index (χ2n) is 6.61. The topological polar surface area (TPSA) is 103 Å². The van der Waals surface area contributed by atoms with Crippen LogP contribution in [0.1, 0.15) is 23.7 Å². The van der Waals surface area contributed by atoms with Crippen molar-refractivity contribution in [3.63, 3.8) is 0 Å². The molecular weight excluding hydrogens is 366 g/mol. The third-order valence-corrected chi connectivity index (χ3v) is 6.16. The number of hydrogen-bond donors (Lipinski definition) is 4. The van der Waals surface area contributed by atoms with Gasteiger partial charge in [0.15, 0.2) is 5.44 Å². The zero-order chi connectivity index (χ0) is 19.4. The van der Waals surface area contributed by atoms with Crippen molar-refractivity contribution in [1.29, 1.82) is 0 Å². The highest BCUT2D eigenvalue weighted by atomic mass is 32.2. The summed E-state index contributed by atoms with van der Waals surface area (Å²) in [7, 11) is 0. The number of benzene rings is 1. The molecule has 0 radical (unpaired) electrons. The maximum Gasteiger partial charge on any atom is 0.173 e. The molecule has 4 N–H and O–H groups in total. The number of aryl methyl sites for hydroxylation is 1. The number of aliphatic hydroxyl groups is 4. The minimum atomic E-state index is -1.38. The molecule has 2 heterocycles. The van der Waals surface area contributed by atoms with E-state index in [1.54, 1.807) is 18.3 Å². The summed E-state index contributed by atoms with van der Waals surface area (Å²) in [6.07, 6.45) is -0.625. The molecule has 0 amide bonds. The lowest BCUT2D eigenvalue weighted by atomic mass is 10.0. The van der Waals surface area contributed by atoms with E-state index in [-0.39, 0.29) is 6.61 Å². The molecule has 2 aromatic rings. The summed E-state index contributed by atoms with van der Waals surface area (Å²) in [6.45, 7) is 1.79. The number of ether oxygens (including phenoxy) is 1. The molecule has 5 unspecified atom stereocenters. The monoisotopic (exact) mass is 391 g/mol. The number of thioether (sulfide) groups is 1. The SMILES string of the molecule is CCc1ccc(Cc2ncccc2OC2SC(CO)C(O)C(O)C2O)cc1. The summed E-state index contributed by atoms with van der Waals surface area (Å²) in [5, 5.41) is 39.0. The van der Waals surface area contributed by atoms with Crippen LogP contribution in [-0.2, 0) is 12.8 Å². The van der Waals surface area contributed by atoms with Gasteiger partial charge in [0.25, 0.3) is 0 Å². The molecule has 3 rings (SSSR count). The number of pyridine rings is 1. The van der Waals surface area contributed by atoms with Crippen LogP contribution in [0.4, 0.5) is 0 Å². The van der Waals surface area contributed by atoms with Crippen LogP contribution in [0.2, 0.25) is 0 Å². The molecule has 5 atom stereocenters. The van der Waals surface area contributed by atoms with E-state index in [0.717, 1.165) is 29.4 Å². The molecule has 27 heavy (non-hydrogen) atoms. The van der Waals surface area contributed by atoms with Crippen LogP contribution in [0, 0.1) is 0 Å². The Bertz CT molecular complexity index is 739. The Hall–Kier alpha value is -1.64. The fourth-order valence-electron chi connectivity index (χ4n) is 3.04. The van der Waals surface area contributed by atoms with Gasteiger partial charge in [0.2, 0.25) is 0 Å². The van der Waals surface area contributed by atoms with Crippen LogP contribution in [0.5, 0.6) is 5.75 Å². The third kappa shape index (κ3) is 4.62. The average molecular weight is 391 g/mol. The van der Waals surface area contributed by atoms with Crippen LogP contribution in [-0.4, -0.2) is 61.0 Å². The summed E-state index contributed by atoms with van der Waals surface area (Å²) in [5.41, 5.74) is 2.26. The van der Waals surface area contributed by atoms with Crippen LogP contribution in [0.3, 0.4) is 0 Å². The zero-order valence-corrected chi connectivity index (χ0v) is 15.9. The first-order chi connectivity index (χ1) is 13.0. The van der Waals surface area contributed by atoms with Crippen molar-refractivity contribution in [1.82, 2.24) is 4.98 Å². The van der Waals surface area contributed by atoms with Gasteiger partial charge in [0, 0.05) is 12.6 Å². The number of hydrogen-bond acceptors (Lipinski definition) is 7. The fourth-order valence-corrected chi connectivity index (χ4v) is 4.27. The maximum absolute atomic E-state index is 10.3. The van der Waals surface area contributed by atoms with E-state index in [4.69, 9.17) is 4.74 Å². The molecule has 6 nitrogen and oxygen atoms in total. The standard InChI is InChI=1S/C20H25NO5S/c1-2-12-5-7-13(8-6-12)10-14-15(4-3-9-21-14)26-20-19(25)18(24)17(23)16(11-22)27-20/h3-9,16-20,22-25H,2,10-11H2,1H3. The number of aliphatic hydroxyl groups excluding tert-OH is 4. The first kappa shape index (κ1) is 20.1. The number of rotatable bonds is 6. The van der Waals surface area contributed by atoms with E-state index >= 15 is 0 Å². The first-order valence-electron chi connectivity index (χ1n) is 9.02. The molecule has 1 aromatic carbocycles. The first-order valence-corrected chi connectivity index (χ1v) is 9.96. The van der Waals surface area contributed by atoms with E-state index < -0.39 is 29.0 Å². The lowest BCUT2D eigenvalue weighted by Gasteiger charge is -2.39. The van der Waals surface area contributed by atoms with Crippen molar-refractivity contribution in [2.75, 3.05) is 6.61 Å². The van der Waals surface area contributed by atoms with Gasteiger partial charge in [-0.15, -0.1) is 11.8 Å². The van der Waals surface area contributed by atoms with Crippen molar-refractivity contribution >= 4 is 11.8 Å². The lowest BCUT2D eigenvalue weighted by molar-refractivity contribution is -0.0910. The fraction of sp³-hybridized carbons (Fsp3) is 0.450. The highest BCUT2D eigenvalue weighted by molar-refractivity contribution is 8.00. The van der Waals surface area contributed by atoms with Gasteiger partial charge in [-0.3, -0.25) is 4.98 Å². The van der Waals surface area contributed by atoms with E-state index in [9.17, 15) is 20.4 Å². The summed E-state index contributed by atoms with van der Waals surface area (Å²) >= 11 is 1.11. The Morgan fingerprint density at radius 2 is 1.70 bits per heavy atom. The van der Waals surface area contributed by atoms with E-state index in [1.165, 1.54) is 5.56 Å². The van der Waals surface area contributed by atoms with Crippen LogP contribution >= 0.6 is 11.8 Å². The smallest absolute Gasteiger partial charge is 0.173 e. The summed E-state index contributed by atoms with van der Waals surface area (Å²) < 4.78 is 5.93. The van der Waals surface area contributed by atoms with Gasteiger partial charge in [-0.2, -0.15) is 0 Å². The van der Waals surface area contributed by atoms with Gasteiger partial charge >= 0.3 is 0 Å². The lowest BCUT2D eigenvalue weighted by Crippen LogP contribution is -2.55. The second kappa shape index (κ2) is 9.03. The van der Waals surface area contributed by atoms with Crippen molar-refractivity contribution in [3.8, 4) is 5.75 Å². The molecule has 0 bridgehead atoms. The van der Waals surface area contributed by atoms with Gasteiger partial charge < -0.3 is 25.2 Å². The Morgan fingerprint density at radius 1 is 1.00 bits per heavy atom. The normalized spacial score (nSPS) is 28.1.